The summed E-state index contributed by atoms with van der Waals surface area (Å²) in [7, 11) is 0. The Kier molecular flexibility index (Phi) is 3.43. The van der Waals surface area contributed by atoms with Crippen LogP contribution in [0.3, 0.4) is 0 Å². The molecule has 0 heterocycles. The lowest BCUT2D eigenvalue weighted by Gasteiger charge is -2.42. The molecule has 0 spiro atoms. The Morgan fingerprint density at radius 2 is 1.50 bits per heavy atom. The maximum absolute atomic E-state index is 10.2. The number of carbonyl (C=O) groups excluding carboxylic acids is 1. The molecule has 82 valence electrons. The van der Waals surface area contributed by atoms with Gasteiger partial charge in [0.1, 0.15) is 18.3 Å². The van der Waals surface area contributed by atoms with E-state index in [0.717, 1.165) is 0 Å². The summed E-state index contributed by atoms with van der Waals surface area (Å²) in [6, 6.07) is -0.749. The zero-order chi connectivity index (χ0) is 10.9. The van der Waals surface area contributed by atoms with Crippen LogP contribution in [0.1, 0.15) is 6.92 Å². The summed E-state index contributed by atoms with van der Waals surface area (Å²) in [5.41, 5.74) is 0. The van der Waals surface area contributed by atoms with E-state index in [2.05, 4.69) is 5.32 Å². The monoisotopic (exact) mass is 205 g/mol. The van der Waals surface area contributed by atoms with Crippen molar-refractivity contribution in [2.24, 2.45) is 5.92 Å². The molecule has 0 aromatic heterocycles. The Balaban J connectivity index is 2.80. The first-order valence-corrected chi connectivity index (χ1v) is 4.42. The summed E-state index contributed by atoms with van der Waals surface area (Å²) in [5.74, 6) is -0.520. The SMILES string of the molecule is C[C@H]1[C@@H](O)[C@@H](O)[C@H](O)[C@@H](O)[C@@H]1NC=O. The van der Waals surface area contributed by atoms with Crippen molar-refractivity contribution in [2.45, 2.75) is 37.4 Å². The zero-order valence-corrected chi connectivity index (χ0v) is 7.74. The van der Waals surface area contributed by atoms with Crippen molar-refractivity contribution < 1.29 is 25.2 Å². The smallest absolute Gasteiger partial charge is 0.207 e. The van der Waals surface area contributed by atoms with Gasteiger partial charge in [-0.05, 0) is 0 Å². The number of nitrogens with one attached hydrogen (secondary N) is 1. The molecule has 1 aliphatic rings. The molecule has 1 saturated carbocycles. The molecule has 5 N–H and O–H groups in total. The number of carbonyl (C=O) groups is 1. The van der Waals surface area contributed by atoms with E-state index in [4.69, 9.17) is 0 Å². The molecule has 14 heavy (non-hydrogen) atoms. The van der Waals surface area contributed by atoms with Crippen LogP contribution in [-0.2, 0) is 4.79 Å². The van der Waals surface area contributed by atoms with E-state index < -0.39 is 36.4 Å². The van der Waals surface area contributed by atoms with Gasteiger partial charge in [-0.2, -0.15) is 0 Å². The first-order chi connectivity index (χ1) is 6.50. The number of amides is 1. The molecule has 6 heteroatoms. The first kappa shape index (κ1) is 11.4. The number of aliphatic hydroxyl groups is 4. The highest BCUT2D eigenvalue weighted by atomic mass is 16.4. The fraction of sp³-hybridized carbons (Fsp3) is 0.875. The Hall–Kier alpha value is -0.690. The molecule has 0 bridgehead atoms. The van der Waals surface area contributed by atoms with Gasteiger partial charge in [0.25, 0.3) is 0 Å². The van der Waals surface area contributed by atoms with Crippen LogP contribution in [-0.4, -0.2) is 57.3 Å². The molecule has 0 unspecified atom stereocenters. The van der Waals surface area contributed by atoms with Gasteiger partial charge >= 0.3 is 0 Å². The topological polar surface area (TPSA) is 110 Å². The third-order valence-corrected chi connectivity index (χ3v) is 2.78. The molecule has 0 aliphatic heterocycles. The highest BCUT2D eigenvalue weighted by molar-refractivity contribution is 5.47. The molecular weight excluding hydrogens is 190 g/mol. The average Bonchev–Trinajstić information content (AvgIpc) is 2.19. The van der Waals surface area contributed by atoms with E-state index in [1.807, 2.05) is 0 Å². The molecule has 1 rings (SSSR count). The van der Waals surface area contributed by atoms with Gasteiger partial charge in [-0.15, -0.1) is 0 Å². The van der Waals surface area contributed by atoms with Crippen molar-refractivity contribution in [1.82, 2.24) is 5.32 Å². The highest BCUT2D eigenvalue weighted by Gasteiger charge is 2.46. The fourth-order valence-corrected chi connectivity index (χ4v) is 1.78. The molecule has 0 aromatic rings. The van der Waals surface area contributed by atoms with Crippen LogP contribution in [0, 0.1) is 5.92 Å². The summed E-state index contributed by atoms with van der Waals surface area (Å²) in [4.78, 5) is 10.2. The van der Waals surface area contributed by atoms with Gasteiger partial charge in [-0.1, -0.05) is 6.92 Å². The first-order valence-electron chi connectivity index (χ1n) is 4.42. The van der Waals surface area contributed by atoms with E-state index in [-0.39, 0.29) is 0 Å². The quantitative estimate of drug-likeness (QED) is 0.313. The normalized spacial score (nSPS) is 48.6. The predicted molar refractivity (Wildman–Crippen MR) is 46.2 cm³/mol. The molecule has 1 aliphatic carbocycles. The predicted octanol–water partition coefficient (Wildman–Crippen LogP) is -2.81. The lowest BCUT2D eigenvalue weighted by Crippen LogP contribution is -2.64. The second-order valence-corrected chi connectivity index (χ2v) is 3.63. The molecule has 0 saturated heterocycles. The molecule has 0 radical (unpaired) electrons. The highest BCUT2D eigenvalue weighted by Crippen LogP contribution is 2.25. The Bertz CT molecular complexity index is 196. The van der Waals surface area contributed by atoms with Gasteiger partial charge in [0.15, 0.2) is 0 Å². The van der Waals surface area contributed by atoms with Crippen LogP contribution in [0.4, 0.5) is 0 Å². The molecule has 1 amide bonds. The number of hydrogen-bond donors (Lipinski definition) is 5. The minimum Gasteiger partial charge on any atom is -0.390 e. The van der Waals surface area contributed by atoms with E-state index in [0.29, 0.717) is 6.41 Å². The second-order valence-electron chi connectivity index (χ2n) is 3.63. The third-order valence-electron chi connectivity index (χ3n) is 2.78. The van der Waals surface area contributed by atoms with Crippen LogP contribution in [0.15, 0.2) is 0 Å². The number of aliphatic hydroxyl groups excluding tert-OH is 4. The van der Waals surface area contributed by atoms with E-state index >= 15 is 0 Å². The largest absolute Gasteiger partial charge is 0.390 e. The van der Waals surface area contributed by atoms with Crippen LogP contribution in [0.5, 0.6) is 0 Å². The van der Waals surface area contributed by atoms with Gasteiger partial charge in [-0.3, -0.25) is 4.79 Å². The van der Waals surface area contributed by atoms with E-state index in [1.165, 1.54) is 0 Å². The average molecular weight is 205 g/mol. The molecule has 6 nitrogen and oxygen atoms in total. The van der Waals surface area contributed by atoms with Crippen molar-refractivity contribution in [3.05, 3.63) is 0 Å². The minimum absolute atomic E-state index is 0.390. The summed E-state index contributed by atoms with van der Waals surface area (Å²) in [6.07, 6.45) is -4.87. The third kappa shape index (κ3) is 1.74. The van der Waals surface area contributed by atoms with Gasteiger partial charge < -0.3 is 25.7 Å². The lowest BCUT2D eigenvalue weighted by atomic mass is 9.78. The van der Waals surface area contributed by atoms with Crippen molar-refractivity contribution in [3.8, 4) is 0 Å². The molecule has 1 fully saturated rings. The van der Waals surface area contributed by atoms with E-state index in [1.54, 1.807) is 6.92 Å². The Labute approximate surface area is 81.2 Å². The van der Waals surface area contributed by atoms with Gasteiger partial charge in [0.05, 0.1) is 12.1 Å². The maximum Gasteiger partial charge on any atom is 0.207 e. The summed E-state index contributed by atoms with van der Waals surface area (Å²) >= 11 is 0. The van der Waals surface area contributed by atoms with Crippen LogP contribution >= 0.6 is 0 Å². The summed E-state index contributed by atoms with van der Waals surface area (Å²) in [6.45, 7) is 1.57. The molecule has 0 aromatic carbocycles. The Morgan fingerprint density at radius 3 is 2.00 bits per heavy atom. The van der Waals surface area contributed by atoms with Crippen molar-refractivity contribution >= 4 is 6.41 Å². The molecule has 6 atom stereocenters. The van der Waals surface area contributed by atoms with Crippen LogP contribution in [0.25, 0.3) is 0 Å². The van der Waals surface area contributed by atoms with E-state index in [9.17, 15) is 25.2 Å². The maximum atomic E-state index is 10.2. The lowest BCUT2D eigenvalue weighted by molar-refractivity contribution is -0.168. The van der Waals surface area contributed by atoms with Gasteiger partial charge in [-0.25, -0.2) is 0 Å². The van der Waals surface area contributed by atoms with Gasteiger partial charge in [0, 0.05) is 5.92 Å². The van der Waals surface area contributed by atoms with Crippen LogP contribution < -0.4 is 5.32 Å². The number of rotatable bonds is 2. The Morgan fingerprint density at radius 1 is 1.00 bits per heavy atom. The van der Waals surface area contributed by atoms with Crippen molar-refractivity contribution in [1.29, 1.82) is 0 Å². The number of hydrogen-bond acceptors (Lipinski definition) is 5. The summed E-state index contributed by atoms with van der Waals surface area (Å²) < 4.78 is 0. The summed E-state index contributed by atoms with van der Waals surface area (Å²) in [5, 5.41) is 39.9. The van der Waals surface area contributed by atoms with Crippen molar-refractivity contribution in [3.63, 3.8) is 0 Å². The van der Waals surface area contributed by atoms with Gasteiger partial charge in [0.2, 0.25) is 6.41 Å². The molecular formula is C8H15NO5. The zero-order valence-electron chi connectivity index (χ0n) is 7.74. The van der Waals surface area contributed by atoms with Crippen LogP contribution in [0.2, 0.25) is 0 Å². The minimum atomic E-state index is -1.45. The fourth-order valence-electron chi connectivity index (χ4n) is 1.78. The second kappa shape index (κ2) is 4.22. The van der Waals surface area contributed by atoms with Crippen molar-refractivity contribution in [2.75, 3.05) is 0 Å². The standard InChI is InChI=1S/C8H15NO5/c1-3-4(9-2-10)6(12)8(14)7(13)5(3)11/h2-8,11-14H,1H3,(H,9,10)/t3-,4-,5-,6+,7-,8-/m1/s1.